The molecule has 1 aromatic heterocycles. The molecule has 0 aliphatic heterocycles. The number of fused-ring (bicyclic) bond motifs is 5. The van der Waals surface area contributed by atoms with Gasteiger partial charge in [0.25, 0.3) is 0 Å². The molecule has 1 N–H and O–H groups in total. The highest BCUT2D eigenvalue weighted by atomic mass is 15.0. The van der Waals surface area contributed by atoms with Gasteiger partial charge >= 0.3 is 0 Å². The van der Waals surface area contributed by atoms with Crippen LogP contribution in [0.3, 0.4) is 0 Å². The Morgan fingerprint density at radius 1 is 0.455 bits per heavy atom. The predicted octanol–water partition coefficient (Wildman–Crippen LogP) is 11.6. The lowest BCUT2D eigenvalue weighted by Crippen LogP contribution is -1.98. The standard InChI is InChI=1S/C42H34N2/c1-3-43-38-19-11-9-13-31(38)28-21-23-29(24-22-28)41-34-15-5-7-17-36(34)42(37-18-8-6-16-35(37)41)30-25-26-33-32-14-10-12-20-39(32)44(4-2)40(33)27-30/h5-27,43H,3-4H2,1-2H3. The van der Waals surface area contributed by atoms with Crippen molar-refractivity contribution in [2.75, 3.05) is 11.9 Å². The molecule has 0 unspecified atom stereocenters. The number of aryl methyl sites for hydroxylation is 1. The molecular weight excluding hydrogens is 532 g/mol. The molecule has 8 rings (SSSR count). The lowest BCUT2D eigenvalue weighted by atomic mass is 9.85. The number of aromatic nitrogens is 1. The van der Waals surface area contributed by atoms with E-state index in [-0.39, 0.29) is 0 Å². The van der Waals surface area contributed by atoms with E-state index in [0.717, 1.165) is 13.1 Å². The van der Waals surface area contributed by atoms with Crippen LogP contribution in [0.5, 0.6) is 0 Å². The van der Waals surface area contributed by atoms with E-state index in [1.807, 2.05) is 0 Å². The third-order valence-corrected chi connectivity index (χ3v) is 9.09. The van der Waals surface area contributed by atoms with E-state index in [1.165, 1.54) is 82.4 Å². The second kappa shape index (κ2) is 10.7. The van der Waals surface area contributed by atoms with Gasteiger partial charge in [0.2, 0.25) is 0 Å². The van der Waals surface area contributed by atoms with Gasteiger partial charge in [0, 0.05) is 46.1 Å². The number of hydrogen-bond donors (Lipinski definition) is 1. The molecule has 212 valence electrons. The Balaban J connectivity index is 1.36. The van der Waals surface area contributed by atoms with Gasteiger partial charge in [0.05, 0.1) is 0 Å². The topological polar surface area (TPSA) is 17.0 Å². The molecule has 2 nitrogen and oxygen atoms in total. The number of anilines is 1. The van der Waals surface area contributed by atoms with Crippen molar-refractivity contribution in [2.24, 2.45) is 0 Å². The maximum absolute atomic E-state index is 3.52. The van der Waals surface area contributed by atoms with Gasteiger partial charge in [-0.3, -0.25) is 0 Å². The number of para-hydroxylation sites is 2. The molecule has 0 atom stereocenters. The zero-order valence-corrected chi connectivity index (χ0v) is 25.1. The Bertz CT molecular complexity index is 2270. The summed E-state index contributed by atoms with van der Waals surface area (Å²) in [5.74, 6) is 0. The Hall–Kier alpha value is -5.34. The molecule has 2 heteroatoms. The monoisotopic (exact) mass is 566 g/mol. The quantitative estimate of drug-likeness (QED) is 0.198. The van der Waals surface area contributed by atoms with Crippen LogP contribution in [0.2, 0.25) is 0 Å². The molecule has 0 saturated heterocycles. The molecule has 8 aromatic rings. The Labute approximate surface area is 258 Å². The predicted molar refractivity (Wildman–Crippen MR) is 191 cm³/mol. The van der Waals surface area contributed by atoms with Gasteiger partial charge in [-0.05, 0) is 81.4 Å². The van der Waals surface area contributed by atoms with E-state index in [2.05, 4.69) is 163 Å². The van der Waals surface area contributed by atoms with Crippen molar-refractivity contribution in [2.45, 2.75) is 20.4 Å². The van der Waals surface area contributed by atoms with Crippen LogP contribution in [0.15, 0.2) is 140 Å². The minimum atomic E-state index is 0.896. The molecule has 0 fully saturated rings. The smallest absolute Gasteiger partial charge is 0.0497 e. The van der Waals surface area contributed by atoms with Crippen LogP contribution in [0.25, 0.3) is 76.7 Å². The summed E-state index contributed by atoms with van der Waals surface area (Å²) in [6.45, 7) is 6.21. The maximum atomic E-state index is 3.52. The average molecular weight is 567 g/mol. The first-order chi connectivity index (χ1) is 21.8. The number of rotatable bonds is 6. The fourth-order valence-corrected chi connectivity index (χ4v) is 7.19. The fraction of sp³-hybridized carbons (Fsp3) is 0.0952. The van der Waals surface area contributed by atoms with Gasteiger partial charge in [-0.25, -0.2) is 0 Å². The summed E-state index contributed by atoms with van der Waals surface area (Å²) in [7, 11) is 0. The van der Waals surface area contributed by atoms with Gasteiger partial charge in [0.15, 0.2) is 0 Å². The highest BCUT2D eigenvalue weighted by Gasteiger charge is 2.18. The van der Waals surface area contributed by atoms with E-state index in [1.54, 1.807) is 0 Å². The SMILES string of the molecule is CCNc1ccccc1-c1ccc(-c2c3ccccc3c(-c3ccc4c5ccccc5n(CC)c4c3)c3ccccc23)cc1. The zero-order chi connectivity index (χ0) is 29.6. The van der Waals surface area contributed by atoms with Crippen molar-refractivity contribution in [1.29, 1.82) is 0 Å². The van der Waals surface area contributed by atoms with Crippen molar-refractivity contribution < 1.29 is 0 Å². The van der Waals surface area contributed by atoms with Crippen molar-refractivity contribution >= 4 is 49.0 Å². The highest BCUT2D eigenvalue weighted by molar-refractivity contribution is 6.22. The molecule has 1 heterocycles. The first kappa shape index (κ1) is 26.3. The second-order valence-corrected chi connectivity index (χ2v) is 11.5. The van der Waals surface area contributed by atoms with Crippen LogP contribution in [-0.4, -0.2) is 11.1 Å². The minimum absolute atomic E-state index is 0.896. The minimum Gasteiger partial charge on any atom is -0.385 e. The molecule has 0 aliphatic rings. The fourth-order valence-electron chi connectivity index (χ4n) is 7.19. The Morgan fingerprint density at radius 3 is 1.59 bits per heavy atom. The van der Waals surface area contributed by atoms with Crippen LogP contribution >= 0.6 is 0 Å². The summed E-state index contributed by atoms with van der Waals surface area (Å²) < 4.78 is 2.45. The number of hydrogen-bond acceptors (Lipinski definition) is 1. The summed E-state index contributed by atoms with van der Waals surface area (Å²) in [6.07, 6.45) is 0. The van der Waals surface area contributed by atoms with E-state index >= 15 is 0 Å². The molecule has 44 heavy (non-hydrogen) atoms. The summed E-state index contributed by atoms with van der Waals surface area (Å²) in [6, 6.07) is 51.3. The lowest BCUT2D eigenvalue weighted by molar-refractivity contribution is 0.827. The Morgan fingerprint density at radius 2 is 0.955 bits per heavy atom. The molecule has 0 saturated carbocycles. The highest BCUT2D eigenvalue weighted by Crippen LogP contribution is 2.45. The molecule has 0 bridgehead atoms. The normalized spacial score (nSPS) is 11.6. The molecular formula is C42H34N2. The average Bonchev–Trinajstić information content (AvgIpc) is 3.40. The van der Waals surface area contributed by atoms with Crippen LogP contribution in [0, 0.1) is 0 Å². The van der Waals surface area contributed by atoms with Crippen molar-refractivity contribution in [3.8, 4) is 33.4 Å². The molecule has 0 aliphatic carbocycles. The first-order valence-electron chi connectivity index (χ1n) is 15.7. The van der Waals surface area contributed by atoms with E-state index < -0.39 is 0 Å². The number of benzene rings is 7. The summed E-state index contributed by atoms with van der Waals surface area (Å²) in [5.41, 5.74) is 11.3. The van der Waals surface area contributed by atoms with E-state index in [0.29, 0.717) is 0 Å². The van der Waals surface area contributed by atoms with Crippen LogP contribution in [-0.2, 0) is 6.54 Å². The van der Waals surface area contributed by atoms with Crippen LogP contribution < -0.4 is 5.32 Å². The largest absolute Gasteiger partial charge is 0.385 e. The Kier molecular flexibility index (Phi) is 6.42. The third-order valence-electron chi connectivity index (χ3n) is 9.09. The van der Waals surface area contributed by atoms with E-state index in [9.17, 15) is 0 Å². The molecule has 0 amide bonds. The first-order valence-corrected chi connectivity index (χ1v) is 15.7. The van der Waals surface area contributed by atoms with Crippen molar-refractivity contribution in [3.05, 3.63) is 140 Å². The second-order valence-electron chi connectivity index (χ2n) is 11.5. The van der Waals surface area contributed by atoms with E-state index in [4.69, 9.17) is 0 Å². The van der Waals surface area contributed by atoms with Gasteiger partial charge in [-0.2, -0.15) is 0 Å². The summed E-state index contributed by atoms with van der Waals surface area (Å²) in [4.78, 5) is 0. The van der Waals surface area contributed by atoms with Crippen molar-refractivity contribution in [1.82, 2.24) is 4.57 Å². The van der Waals surface area contributed by atoms with Crippen LogP contribution in [0.4, 0.5) is 5.69 Å². The third kappa shape index (κ3) is 4.10. The number of nitrogens with zero attached hydrogens (tertiary/aromatic N) is 1. The van der Waals surface area contributed by atoms with Gasteiger partial charge in [0.1, 0.15) is 0 Å². The number of nitrogens with one attached hydrogen (secondary N) is 1. The summed E-state index contributed by atoms with van der Waals surface area (Å²) in [5, 5.41) is 11.3. The summed E-state index contributed by atoms with van der Waals surface area (Å²) >= 11 is 0. The van der Waals surface area contributed by atoms with Gasteiger partial charge < -0.3 is 9.88 Å². The van der Waals surface area contributed by atoms with Gasteiger partial charge in [-0.1, -0.05) is 121 Å². The molecule has 7 aromatic carbocycles. The maximum Gasteiger partial charge on any atom is 0.0497 e. The lowest BCUT2D eigenvalue weighted by Gasteiger charge is -2.18. The van der Waals surface area contributed by atoms with Crippen molar-refractivity contribution in [3.63, 3.8) is 0 Å². The molecule has 0 radical (unpaired) electrons. The zero-order valence-electron chi connectivity index (χ0n) is 25.1. The molecule has 0 spiro atoms. The van der Waals surface area contributed by atoms with Gasteiger partial charge in [-0.15, -0.1) is 0 Å². The van der Waals surface area contributed by atoms with Crippen LogP contribution in [0.1, 0.15) is 13.8 Å².